The molecule has 1 aliphatic rings. The monoisotopic (exact) mass is 267 g/mol. The molecule has 3 nitrogen and oxygen atoms in total. The first-order valence-corrected chi connectivity index (χ1v) is 6.78. The number of halogens is 1. The molecule has 1 fully saturated rings. The third-order valence-corrected chi connectivity index (χ3v) is 3.74. The molecule has 106 valence electrons. The summed E-state index contributed by atoms with van der Waals surface area (Å²) < 4.78 is 18.8. The van der Waals surface area contributed by atoms with Crippen LogP contribution in [-0.4, -0.2) is 48.0 Å². The van der Waals surface area contributed by atoms with Crippen LogP contribution in [0, 0.1) is 5.82 Å². The number of aliphatic hydroxyl groups is 1. The highest BCUT2D eigenvalue weighted by Crippen LogP contribution is 2.24. The minimum absolute atomic E-state index is 0.0202. The van der Waals surface area contributed by atoms with Crippen molar-refractivity contribution in [1.29, 1.82) is 0 Å². The molecule has 1 N–H and O–H groups in total. The molecule has 0 bridgehead atoms. The molecule has 0 amide bonds. The average molecular weight is 267 g/mol. The van der Waals surface area contributed by atoms with Crippen LogP contribution >= 0.6 is 0 Å². The smallest absolute Gasteiger partial charge is 0.123 e. The molecule has 0 radical (unpaired) electrons. The normalized spacial score (nSPS) is 24.9. The van der Waals surface area contributed by atoms with Crippen molar-refractivity contribution in [2.75, 3.05) is 26.3 Å². The van der Waals surface area contributed by atoms with Crippen LogP contribution in [0.3, 0.4) is 0 Å². The van der Waals surface area contributed by atoms with Crippen LogP contribution in [0.4, 0.5) is 4.39 Å². The van der Waals surface area contributed by atoms with Crippen molar-refractivity contribution < 1.29 is 14.2 Å². The quantitative estimate of drug-likeness (QED) is 0.903. The maximum atomic E-state index is 12.9. The Morgan fingerprint density at radius 2 is 2.05 bits per heavy atom. The maximum Gasteiger partial charge on any atom is 0.123 e. The van der Waals surface area contributed by atoms with E-state index in [0.717, 1.165) is 12.1 Å². The Morgan fingerprint density at radius 3 is 2.63 bits per heavy atom. The fourth-order valence-corrected chi connectivity index (χ4v) is 2.55. The molecule has 0 saturated carbocycles. The summed E-state index contributed by atoms with van der Waals surface area (Å²) in [6.45, 7) is 6.49. The van der Waals surface area contributed by atoms with E-state index in [4.69, 9.17) is 4.74 Å². The van der Waals surface area contributed by atoms with Gasteiger partial charge in [-0.3, -0.25) is 4.90 Å². The number of rotatable bonds is 4. The van der Waals surface area contributed by atoms with Crippen LogP contribution in [0.2, 0.25) is 0 Å². The van der Waals surface area contributed by atoms with E-state index in [1.165, 1.54) is 12.1 Å². The largest absolute Gasteiger partial charge is 0.393 e. The minimum Gasteiger partial charge on any atom is -0.393 e. The van der Waals surface area contributed by atoms with Gasteiger partial charge in [0.25, 0.3) is 0 Å². The van der Waals surface area contributed by atoms with E-state index in [1.54, 1.807) is 12.1 Å². The lowest BCUT2D eigenvalue weighted by Gasteiger charge is -2.43. The minimum atomic E-state index is -0.569. The second-order valence-electron chi connectivity index (χ2n) is 5.56. The molecule has 0 spiro atoms. The summed E-state index contributed by atoms with van der Waals surface area (Å²) in [7, 11) is 0. The summed E-state index contributed by atoms with van der Waals surface area (Å²) in [4.78, 5) is 2.31. The molecule has 1 saturated heterocycles. The lowest BCUT2D eigenvalue weighted by atomic mass is 9.92. The van der Waals surface area contributed by atoms with Gasteiger partial charge in [0.15, 0.2) is 0 Å². The van der Waals surface area contributed by atoms with Gasteiger partial charge < -0.3 is 9.84 Å². The van der Waals surface area contributed by atoms with E-state index in [-0.39, 0.29) is 12.4 Å². The summed E-state index contributed by atoms with van der Waals surface area (Å²) >= 11 is 0. The van der Waals surface area contributed by atoms with E-state index < -0.39 is 5.60 Å². The third-order valence-electron chi connectivity index (χ3n) is 3.74. The van der Waals surface area contributed by atoms with Crippen molar-refractivity contribution in [2.24, 2.45) is 0 Å². The highest BCUT2D eigenvalue weighted by Gasteiger charge is 2.37. The van der Waals surface area contributed by atoms with E-state index in [1.807, 2.05) is 0 Å². The van der Waals surface area contributed by atoms with E-state index in [0.29, 0.717) is 25.6 Å². The second kappa shape index (κ2) is 5.99. The van der Waals surface area contributed by atoms with Gasteiger partial charge in [0.05, 0.1) is 13.2 Å². The average Bonchev–Trinajstić information content (AvgIpc) is 2.42. The Bertz CT molecular complexity index is 407. The van der Waals surface area contributed by atoms with Gasteiger partial charge in [0, 0.05) is 25.6 Å². The second-order valence-corrected chi connectivity index (χ2v) is 5.56. The first-order chi connectivity index (χ1) is 9.04. The predicted molar refractivity (Wildman–Crippen MR) is 72.6 cm³/mol. The summed E-state index contributed by atoms with van der Waals surface area (Å²) in [5.41, 5.74) is 0.418. The van der Waals surface area contributed by atoms with Gasteiger partial charge in [-0.2, -0.15) is 0 Å². The fraction of sp³-hybridized carbons (Fsp3) is 0.600. The number of ether oxygens (including phenoxy) is 1. The number of nitrogens with zero attached hydrogens (tertiary/aromatic N) is 1. The molecule has 19 heavy (non-hydrogen) atoms. The standard InChI is InChI=1S/C15H22FNO2/c1-12(2)17-7-8-19-15(10-17,11-18)9-13-3-5-14(16)6-4-13/h3-6,12,18H,7-11H2,1-2H3. The highest BCUT2D eigenvalue weighted by molar-refractivity contribution is 5.19. The highest BCUT2D eigenvalue weighted by atomic mass is 19.1. The first kappa shape index (κ1) is 14.4. The molecule has 0 aliphatic carbocycles. The number of aliphatic hydroxyl groups excluding tert-OH is 1. The Hall–Kier alpha value is -0.970. The van der Waals surface area contributed by atoms with Crippen molar-refractivity contribution in [2.45, 2.75) is 31.9 Å². The summed E-state index contributed by atoms with van der Waals surface area (Å²) in [6, 6.07) is 6.84. The van der Waals surface area contributed by atoms with E-state index in [9.17, 15) is 9.50 Å². The zero-order chi connectivity index (χ0) is 13.9. The van der Waals surface area contributed by atoms with Gasteiger partial charge in [-0.15, -0.1) is 0 Å². The number of hydrogen-bond acceptors (Lipinski definition) is 3. The molecule has 2 rings (SSSR count). The summed E-state index contributed by atoms with van der Waals surface area (Å²) in [5, 5.41) is 9.73. The number of benzene rings is 1. The SMILES string of the molecule is CC(C)N1CCOC(CO)(Cc2ccc(F)cc2)C1. The first-order valence-electron chi connectivity index (χ1n) is 6.78. The molecule has 1 unspecified atom stereocenters. The Balaban J connectivity index is 2.11. The van der Waals surface area contributed by atoms with Crippen molar-refractivity contribution in [3.63, 3.8) is 0 Å². The summed E-state index contributed by atoms with van der Waals surface area (Å²) in [5.74, 6) is -0.241. The zero-order valence-electron chi connectivity index (χ0n) is 11.6. The molecule has 1 aliphatic heterocycles. The van der Waals surface area contributed by atoms with Gasteiger partial charge in [0.1, 0.15) is 11.4 Å². The van der Waals surface area contributed by atoms with Crippen LogP contribution in [0.15, 0.2) is 24.3 Å². The number of morpholine rings is 1. The predicted octanol–water partition coefficient (Wildman–Crippen LogP) is 1.84. The zero-order valence-corrected chi connectivity index (χ0v) is 11.6. The lowest BCUT2D eigenvalue weighted by molar-refractivity contribution is -0.137. The molecule has 1 heterocycles. The molecule has 0 aromatic heterocycles. The number of hydrogen-bond donors (Lipinski definition) is 1. The van der Waals surface area contributed by atoms with Crippen LogP contribution in [-0.2, 0) is 11.2 Å². The van der Waals surface area contributed by atoms with Crippen molar-refractivity contribution in [3.05, 3.63) is 35.6 Å². The molecular formula is C15H22FNO2. The van der Waals surface area contributed by atoms with Crippen LogP contribution < -0.4 is 0 Å². The van der Waals surface area contributed by atoms with Gasteiger partial charge in [-0.25, -0.2) is 4.39 Å². The molecule has 1 aromatic carbocycles. The van der Waals surface area contributed by atoms with Gasteiger partial charge in [-0.05, 0) is 31.5 Å². The van der Waals surface area contributed by atoms with Crippen LogP contribution in [0.5, 0.6) is 0 Å². The van der Waals surface area contributed by atoms with Crippen molar-refractivity contribution >= 4 is 0 Å². The lowest BCUT2D eigenvalue weighted by Crippen LogP contribution is -2.56. The van der Waals surface area contributed by atoms with Crippen molar-refractivity contribution in [1.82, 2.24) is 4.90 Å². The Labute approximate surface area is 114 Å². The van der Waals surface area contributed by atoms with Crippen LogP contribution in [0.1, 0.15) is 19.4 Å². The van der Waals surface area contributed by atoms with E-state index >= 15 is 0 Å². The topological polar surface area (TPSA) is 32.7 Å². The third kappa shape index (κ3) is 3.53. The Morgan fingerprint density at radius 1 is 1.37 bits per heavy atom. The van der Waals surface area contributed by atoms with E-state index in [2.05, 4.69) is 18.7 Å². The van der Waals surface area contributed by atoms with Gasteiger partial charge in [-0.1, -0.05) is 12.1 Å². The van der Waals surface area contributed by atoms with Crippen LogP contribution in [0.25, 0.3) is 0 Å². The Kier molecular flexibility index (Phi) is 4.55. The van der Waals surface area contributed by atoms with Gasteiger partial charge in [0.2, 0.25) is 0 Å². The molecule has 4 heteroatoms. The van der Waals surface area contributed by atoms with Gasteiger partial charge >= 0.3 is 0 Å². The molecular weight excluding hydrogens is 245 g/mol. The molecule has 1 atom stereocenters. The molecule has 1 aromatic rings. The van der Waals surface area contributed by atoms with Crippen molar-refractivity contribution in [3.8, 4) is 0 Å². The summed E-state index contributed by atoms with van der Waals surface area (Å²) in [6.07, 6.45) is 0.604. The maximum absolute atomic E-state index is 12.9. The fourth-order valence-electron chi connectivity index (χ4n) is 2.55.